The molecule has 2 heterocycles. The minimum Gasteiger partial charge on any atom is -0.481 e. The topological polar surface area (TPSA) is 74.7 Å². The summed E-state index contributed by atoms with van der Waals surface area (Å²) in [6, 6.07) is 3.43. The molecule has 0 aromatic carbocycles. The van der Waals surface area contributed by atoms with Gasteiger partial charge in [0.15, 0.2) is 0 Å². The maximum absolute atomic E-state index is 12.6. The van der Waals surface area contributed by atoms with Crippen LogP contribution in [0.1, 0.15) is 25.6 Å². The molecular weight excluding hydrogens is 310 g/mol. The van der Waals surface area contributed by atoms with Gasteiger partial charge in [-0.2, -0.15) is 4.31 Å². The van der Waals surface area contributed by atoms with Gasteiger partial charge in [0.2, 0.25) is 0 Å². The van der Waals surface area contributed by atoms with Crippen LogP contribution in [0, 0.1) is 5.92 Å². The first-order valence-corrected chi connectivity index (χ1v) is 8.88. The van der Waals surface area contributed by atoms with Crippen LogP contribution < -0.4 is 0 Å². The van der Waals surface area contributed by atoms with Crippen molar-refractivity contribution in [3.63, 3.8) is 0 Å². The quantitative estimate of drug-likeness (QED) is 0.864. The fourth-order valence-electron chi connectivity index (χ4n) is 2.04. The third kappa shape index (κ3) is 3.36. The number of hydrogen-bond donors (Lipinski definition) is 1. The van der Waals surface area contributed by atoms with E-state index in [1.165, 1.54) is 15.6 Å². The maximum Gasteiger partial charge on any atom is 0.311 e. The van der Waals surface area contributed by atoms with Gasteiger partial charge in [-0.3, -0.25) is 4.79 Å². The predicted octanol–water partition coefficient (Wildman–Crippen LogP) is 2.31. The van der Waals surface area contributed by atoms with E-state index in [4.69, 9.17) is 5.11 Å². The van der Waals surface area contributed by atoms with Crippen molar-refractivity contribution in [3.8, 4) is 0 Å². The molecule has 1 aromatic heterocycles. The van der Waals surface area contributed by atoms with E-state index >= 15 is 0 Å². The van der Waals surface area contributed by atoms with Crippen molar-refractivity contribution >= 4 is 27.3 Å². The average molecular weight is 329 g/mol. The van der Waals surface area contributed by atoms with Crippen LogP contribution in [0.3, 0.4) is 0 Å². The lowest BCUT2D eigenvalue weighted by Crippen LogP contribution is -2.39. The summed E-state index contributed by atoms with van der Waals surface area (Å²) >= 11 is 1.25. The smallest absolute Gasteiger partial charge is 0.311 e. The molecule has 21 heavy (non-hydrogen) atoms. The Morgan fingerprint density at radius 1 is 1.38 bits per heavy atom. The van der Waals surface area contributed by atoms with Crippen LogP contribution in [0.2, 0.25) is 0 Å². The fraction of sp³-hybridized carbons (Fsp3) is 0.500. The lowest BCUT2D eigenvalue weighted by Gasteiger charge is -2.25. The number of aliphatic carboxylic acids is 1. The van der Waals surface area contributed by atoms with Crippen molar-refractivity contribution in [3.05, 3.63) is 29.2 Å². The molecule has 0 saturated heterocycles. The van der Waals surface area contributed by atoms with Gasteiger partial charge in [0.1, 0.15) is 4.21 Å². The van der Waals surface area contributed by atoms with Crippen LogP contribution in [0.15, 0.2) is 28.5 Å². The van der Waals surface area contributed by atoms with Crippen LogP contribution in [-0.4, -0.2) is 36.9 Å². The van der Waals surface area contributed by atoms with E-state index in [0.717, 1.165) is 4.88 Å². The van der Waals surface area contributed by atoms with E-state index in [1.807, 2.05) is 26.8 Å². The third-order valence-corrected chi connectivity index (χ3v) is 7.12. The van der Waals surface area contributed by atoms with Crippen molar-refractivity contribution in [2.24, 2.45) is 5.92 Å². The number of carboxylic acid groups (broad SMARTS) is 1. The van der Waals surface area contributed by atoms with Crippen molar-refractivity contribution in [2.75, 3.05) is 13.1 Å². The first kappa shape index (κ1) is 16.2. The summed E-state index contributed by atoms with van der Waals surface area (Å²) in [6.07, 6.45) is 3.14. The second-order valence-electron chi connectivity index (χ2n) is 6.06. The molecule has 2 rings (SSSR count). The highest BCUT2D eigenvalue weighted by Gasteiger charge is 2.32. The van der Waals surface area contributed by atoms with E-state index in [9.17, 15) is 13.2 Å². The standard InChI is InChI=1S/C14H19NO4S2/c1-14(2,3)11-6-7-12(20-11)21(18,19)15-8-4-5-10(9-15)13(16)17/h4-7,10H,8-9H2,1-3H3,(H,16,17). The average Bonchev–Trinajstić information content (AvgIpc) is 2.89. The summed E-state index contributed by atoms with van der Waals surface area (Å²) < 4.78 is 26.7. The van der Waals surface area contributed by atoms with Crippen LogP contribution in [-0.2, 0) is 20.2 Å². The van der Waals surface area contributed by atoms with Gasteiger partial charge in [-0.05, 0) is 17.5 Å². The molecule has 1 atom stereocenters. The minimum atomic E-state index is -3.63. The number of sulfonamides is 1. The van der Waals surface area contributed by atoms with Crippen molar-refractivity contribution in [2.45, 2.75) is 30.4 Å². The molecule has 1 aromatic rings. The Labute approximate surface area is 129 Å². The van der Waals surface area contributed by atoms with Crippen molar-refractivity contribution in [1.82, 2.24) is 4.31 Å². The highest BCUT2D eigenvalue weighted by atomic mass is 32.2. The second-order valence-corrected chi connectivity index (χ2v) is 9.31. The zero-order chi connectivity index (χ0) is 15.8. The largest absolute Gasteiger partial charge is 0.481 e. The molecule has 7 heteroatoms. The number of nitrogens with zero attached hydrogens (tertiary/aromatic N) is 1. The Balaban J connectivity index is 2.28. The summed E-state index contributed by atoms with van der Waals surface area (Å²) in [5.41, 5.74) is -0.107. The van der Waals surface area contributed by atoms with Gasteiger partial charge in [-0.15, -0.1) is 11.3 Å². The number of carboxylic acids is 1. The highest BCUT2D eigenvalue weighted by Crippen LogP contribution is 2.33. The van der Waals surface area contributed by atoms with E-state index in [2.05, 4.69) is 0 Å². The SMILES string of the molecule is CC(C)(C)c1ccc(S(=O)(=O)N2CC=CC(C(=O)O)C2)s1. The second kappa shape index (κ2) is 5.55. The Hall–Kier alpha value is -1.18. The first-order chi connectivity index (χ1) is 9.62. The van der Waals surface area contributed by atoms with Gasteiger partial charge >= 0.3 is 5.97 Å². The molecule has 0 aliphatic carbocycles. The molecule has 1 aliphatic rings. The molecule has 5 nitrogen and oxygen atoms in total. The molecule has 116 valence electrons. The van der Waals surface area contributed by atoms with Crippen LogP contribution >= 0.6 is 11.3 Å². The lowest BCUT2D eigenvalue weighted by atomic mass is 9.95. The molecule has 0 bridgehead atoms. The molecular formula is C14H19NO4S2. The predicted molar refractivity (Wildman–Crippen MR) is 82.0 cm³/mol. The Bertz CT molecular complexity index is 667. The Kier molecular flexibility index (Phi) is 4.28. The van der Waals surface area contributed by atoms with Gasteiger partial charge in [0.05, 0.1) is 5.92 Å². The van der Waals surface area contributed by atoms with Crippen LogP contribution in [0.5, 0.6) is 0 Å². The fourth-order valence-corrected chi connectivity index (χ4v) is 4.98. The van der Waals surface area contributed by atoms with Gasteiger partial charge in [0.25, 0.3) is 10.0 Å². The number of hydrogen-bond acceptors (Lipinski definition) is 4. The summed E-state index contributed by atoms with van der Waals surface area (Å²) in [7, 11) is -3.63. The molecule has 0 spiro atoms. The molecule has 0 saturated carbocycles. The minimum absolute atomic E-state index is 0.0169. The zero-order valence-electron chi connectivity index (χ0n) is 12.2. The summed E-state index contributed by atoms with van der Waals surface area (Å²) in [6.45, 7) is 6.28. The van der Waals surface area contributed by atoms with E-state index in [0.29, 0.717) is 0 Å². The molecule has 0 fully saturated rings. The Morgan fingerprint density at radius 3 is 2.57 bits per heavy atom. The third-order valence-electron chi connectivity index (χ3n) is 3.31. The van der Waals surface area contributed by atoms with Crippen molar-refractivity contribution in [1.29, 1.82) is 0 Å². The lowest BCUT2D eigenvalue weighted by molar-refractivity contribution is -0.140. The normalized spacial score (nSPS) is 20.6. The number of carbonyl (C=O) groups is 1. The number of rotatable bonds is 3. The van der Waals surface area contributed by atoms with Gasteiger partial charge in [-0.25, -0.2) is 8.42 Å². The molecule has 0 amide bonds. The Morgan fingerprint density at radius 2 is 2.05 bits per heavy atom. The highest BCUT2D eigenvalue weighted by molar-refractivity contribution is 7.91. The van der Waals surface area contributed by atoms with Crippen LogP contribution in [0.4, 0.5) is 0 Å². The van der Waals surface area contributed by atoms with Gasteiger partial charge in [-0.1, -0.05) is 32.9 Å². The van der Waals surface area contributed by atoms with Gasteiger partial charge < -0.3 is 5.11 Å². The number of thiophene rings is 1. The molecule has 0 radical (unpaired) electrons. The monoisotopic (exact) mass is 329 g/mol. The van der Waals surface area contributed by atoms with E-state index in [1.54, 1.807) is 18.2 Å². The van der Waals surface area contributed by atoms with E-state index < -0.39 is 21.9 Å². The van der Waals surface area contributed by atoms with Gasteiger partial charge in [0, 0.05) is 18.0 Å². The molecule has 1 N–H and O–H groups in total. The zero-order valence-corrected chi connectivity index (χ0v) is 13.9. The molecule has 1 aliphatic heterocycles. The van der Waals surface area contributed by atoms with Crippen molar-refractivity contribution < 1.29 is 18.3 Å². The molecule has 1 unspecified atom stereocenters. The van der Waals surface area contributed by atoms with Crippen LogP contribution in [0.25, 0.3) is 0 Å². The van der Waals surface area contributed by atoms with E-state index in [-0.39, 0.29) is 22.7 Å². The summed E-state index contributed by atoms with van der Waals surface area (Å²) in [5, 5.41) is 9.03. The maximum atomic E-state index is 12.6. The summed E-state index contributed by atoms with van der Waals surface area (Å²) in [5.74, 6) is -1.79. The first-order valence-electron chi connectivity index (χ1n) is 6.62. The summed E-state index contributed by atoms with van der Waals surface area (Å²) in [4.78, 5) is 12.0.